The molecule has 3 rings (SSSR count). The molecule has 0 aliphatic rings. The summed E-state index contributed by atoms with van der Waals surface area (Å²) in [6.07, 6.45) is -8.03. The Balaban J connectivity index is 2.05. The van der Waals surface area contributed by atoms with Crippen molar-refractivity contribution in [2.45, 2.75) is 38.7 Å². The quantitative estimate of drug-likeness (QED) is 0.485. The lowest BCUT2D eigenvalue weighted by atomic mass is 10.0. The zero-order chi connectivity index (χ0) is 25.1. The van der Waals surface area contributed by atoms with Gasteiger partial charge in [-0.05, 0) is 36.2 Å². The Morgan fingerprint density at radius 1 is 1.00 bits per heavy atom. The van der Waals surface area contributed by atoms with Crippen LogP contribution in [-0.4, -0.2) is 20.9 Å². The van der Waals surface area contributed by atoms with Gasteiger partial charge in [0.1, 0.15) is 5.82 Å². The number of hydrogen-bond acceptors (Lipinski definition) is 4. The van der Waals surface area contributed by atoms with E-state index < -0.39 is 40.4 Å². The summed E-state index contributed by atoms with van der Waals surface area (Å²) in [7, 11) is 0. The van der Waals surface area contributed by atoms with Crippen LogP contribution in [0.3, 0.4) is 0 Å². The summed E-state index contributed by atoms with van der Waals surface area (Å²) in [4.78, 5) is 33.8. The molecule has 0 atom stereocenters. The number of halogens is 6. The summed E-state index contributed by atoms with van der Waals surface area (Å²) in [5.41, 5.74) is -3.40. The Kier molecular flexibility index (Phi) is 7.08. The van der Waals surface area contributed by atoms with Crippen LogP contribution < -0.4 is 10.9 Å². The van der Waals surface area contributed by atoms with Gasteiger partial charge in [-0.2, -0.15) is 26.3 Å². The second-order valence-electron chi connectivity index (χ2n) is 7.31. The number of amides is 1. The molecule has 1 aromatic carbocycles. The van der Waals surface area contributed by atoms with Crippen LogP contribution in [0, 0.1) is 0 Å². The molecule has 12 heteroatoms. The monoisotopic (exact) mass is 484 g/mol. The van der Waals surface area contributed by atoms with E-state index in [1.54, 1.807) is 6.92 Å². The van der Waals surface area contributed by atoms with E-state index in [1.807, 2.05) is 0 Å². The first-order chi connectivity index (χ1) is 15.9. The van der Waals surface area contributed by atoms with Gasteiger partial charge in [0.05, 0.1) is 22.5 Å². The SMILES string of the molecule is CCCC(=O)NCc1ccc(C(F)(F)F)c(-c2nc(-c3ccc(C(F)(F)F)cn3)cc(=O)[nH]2)c1. The van der Waals surface area contributed by atoms with Gasteiger partial charge in [-0.3, -0.25) is 14.6 Å². The zero-order valence-electron chi connectivity index (χ0n) is 17.6. The van der Waals surface area contributed by atoms with Crippen LogP contribution in [0.4, 0.5) is 26.3 Å². The van der Waals surface area contributed by atoms with Gasteiger partial charge in [0.15, 0.2) is 0 Å². The second-order valence-corrected chi connectivity index (χ2v) is 7.31. The van der Waals surface area contributed by atoms with Crippen molar-refractivity contribution in [1.82, 2.24) is 20.3 Å². The average Bonchev–Trinajstić information content (AvgIpc) is 2.76. The van der Waals surface area contributed by atoms with Gasteiger partial charge in [-0.15, -0.1) is 0 Å². The second kappa shape index (κ2) is 9.65. The summed E-state index contributed by atoms with van der Waals surface area (Å²) in [6.45, 7) is 1.75. The Labute approximate surface area is 189 Å². The molecule has 6 nitrogen and oxygen atoms in total. The lowest BCUT2D eigenvalue weighted by molar-refractivity contribution is -0.138. The third-order valence-corrected chi connectivity index (χ3v) is 4.71. The number of aromatic nitrogens is 3. The topological polar surface area (TPSA) is 87.7 Å². The van der Waals surface area contributed by atoms with Gasteiger partial charge < -0.3 is 10.3 Å². The maximum Gasteiger partial charge on any atom is 0.417 e. The van der Waals surface area contributed by atoms with Crippen LogP contribution in [0.25, 0.3) is 22.8 Å². The van der Waals surface area contributed by atoms with Crippen molar-refractivity contribution in [2.24, 2.45) is 0 Å². The average molecular weight is 484 g/mol. The van der Waals surface area contributed by atoms with Crippen molar-refractivity contribution >= 4 is 5.91 Å². The number of nitrogens with one attached hydrogen (secondary N) is 2. The van der Waals surface area contributed by atoms with Gasteiger partial charge in [-0.25, -0.2) is 4.98 Å². The molecule has 1 amide bonds. The summed E-state index contributed by atoms with van der Waals surface area (Å²) in [5.74, 6) is -0.718. The van der Waals surface area contributed by atoms with E-state index in [0.717, 1.165) is 30.3 Å². The van der Waals surface area contributed by atoms with Crippen LogP contribution in [0.1, 0.15) is 36.5 Å². The Hall–Kier alpha value is -3.70. The number of hydrogen-bond donors (Lipinski definition) is 2. The summed E-state index contributed by atoms with van der Waals surface area (Å²) in [6, 6.07) is 5.75. The fraction of sp³-hybridized carbons (Fsp3) is 0.273. The van der Waals surface area contributed by atoms with Gasteiger partial charge in [-0.1, -0.05) is 13.0 Å². The van der Waals surface area contributed by atoms with Crippen molar-refractivity contribution in [3.05, 3.63) is 69.6 Å². The number of benzene rings is 1. The molecule has 0 spiro atoms. The van der Waals surface area contributed by atoms with E-state index in [4.69, 9.17) is 0 Å². The van der Waals surface area contributed by atoms with Crippen molar-refractivity contribution in [1.29, 1.82) is 0 Å². The molecule has 0 fully saturated rings. The first-order valence-electron chi connectivity index (χ1n) is 10.0. The Morgan fingerprint density at radius 2 is 1.74 bits per heavy atom. The number of H-pyrrole nitrogens is 1. The predicted octanol–water partition coefficient (Wildman–Crippen LogP) is 4.95. The zero-order valence-corrected chi connectivity index (χ0v) is 17.6. The van der Waals surface area contributed by atoms with Crippen molar-refractivity contribution in [3.63, 3.8) is 0 Å². The highest BCUT2D eigenvalue weighted by atomic mass is 19.4. The smallest absolute Gasteiger partial charge is 0.352 e. The molecule has 3 aromatic rings. The number of pyridine rings is 1. The lowest BCUT2D eigenvalue weighted by Gasteiger charge is -2.15. The van der Waals surface area contributed by atoms with Crippen molar-refractivity contribution in [3.8, 4) is 22.8 Å². The molecular formula is C22H18F6N4O2. The number of rotatable bonds is 6. The third-order valence-electron chi connectivity index (χ3n) is 4.71. The fourth-order valence-corrected chi connectivity index (χ4v) is 3.09. The maximum absolute atomic E-state index is 13.7. The first kappa shape index (κ1) is 24.9. The number of carbonyl (C=O) groups excluding carboxylic acids is 1. The van der Waals surface area contributed by atoms with Gasteiger partial charge >= 0.3 is 12.4 Å². The molecule has 0 saturated heterocycles. The number of alkyl halides is 6. The van der Waals surface area contributed by atoms with Crippen molar-refractivity contribution in [2.75, 3.05) is 0 Å². The minimum atomic E-state index is -4.79. The molecule has 0 aliphatic heterocycles. The molecule has 0 radical (unpaired) electrons. The highest BCUT2D eigenvalue weighted by molar-refractivity contribution is 5.76. The van der Waals surface area contributed by atoms with Crippen LogP contribution in [0.15, 0.2) is 47.4 Å². The molecule has 180 valence electrons. The Bertz CT molecular complexity index is 1230. The molecule has 0 bridgehead atoms. The van der Waals surface area contributed by atoms with Gasteiger partial charge in [0, 0.05) is 30.8 Å². The normalized spacial score (nSPS) is 12.0. The molecule has 2 heterocycles. The van der Waals surface area contributed by atoms with E-state index in [2.05, 4.69) is 20.3 Å². The fourth-order valence-electron chi connectivity index (χ4n) is 3.09. The summed E-state index contributed by atoms with van der Waals surface area (Å²) in [5, 5.41) is 2.59. The molecule has 2 aromatic heterocycles. The standard InChI is InChI=1S/C22H18F6N4O2/c1-2-3-18(33)30-10-12-4-6-15(22(26,27)28)14(8-12)20-31-17(9-19(34)32-20)16-7-5-13(11-29-16)21(23,24)25/h4-9,11H,2-3,10H2,1H3,(H,30,33)(H,31,32,34). The van der Waals surface area contributed by atoms with Crippen LogP contribution >= 0.6 is 0 Å². The van der Waals surface area contributed by atoms with Crippen LogP contribution in [0.2, 0.25) is 0 Å². The first-order valence-corrected chi connectivity index (χ1v) is 10.0. The minimum absolute atomic E-state index is 0.0473. The molecule has 0 aliphatic carbocycles. The highest BCUT2D eigenvalue weighted by Gasteiger charge is 2.35. The molecule has 34 heavy (non-hydrogen) atoms. The third kappa shape index (κ3) is 6.00. The summed E-state index contributed by atoms with van der Waals surface area (Å²) >= 11 is 0. The van der Waals surface area contributed by atoms with Gasteiger partial charge in [0.25, 0.3) is 5.56 Å². The Morgan fingerprint density at radius 3 is 2.32 bits per heavy atom. The number of carbonyl (C=O) groups is 1. The van der Waals surface area contributed by atoms with E-state index >= 15 is 0 Å². The predicted molar refractivity (Wildman–Crippen MR) is 110 cm³/mol. The lowest BCUT2D eigenvalue weighted by Crippen LogP contribution is -2.22. The number of nitrogens with zero attached hydrogens (tertiary/aromatic N) is 2. The number of aromatic amines is 1. The maximum atomic E-state index is 13.7. The molecule has 0 saturated carbocycles. The van der Waals surface area contributed by atoms with Crippen molar-refractivity contribution < 1.29 is 31.1 Å². The molecular weight excluding hydrogens is 466 g/mol. The van der Waals surface area contributed by atoms with E-state index in [-0.39, 0.29) is 30.3 Å². The highest BCUT2D eigenvalue weighted by Crippen LogP contribution is 2.37. The van der Waals surface area contributed by atoms with Crippen LogP contribution in [-0.2, 0) is 23.7 Å². The van der Waals surface area contributed by atoms with E-state index in [1.165, 1.54) is 6.07 Å². The molecule has 2 N–H and O–H groups in total. The largest absolute Gasteiger partial charge is 0.417 e. The minimum Gasteiger partial charge on any atom is -0.352 e. The summed E-state index contributed by atoms with van der Waals surface area (Å²) < 4.78 is 79.3. The molecule has 0 unspecified atom stereocenters. The van der Waals surface area contributed by atoms with Crippen LogP contribution in [0.5, 0.6) is 0 Å². The van der Waals surface area contributed by atoms with E-state index in [0.29, 0.717) is 18.2 Å². The van der Waals surface area contributed by atoms with E-state index in [9.17, 15) is 35.9 Å². The van der Waals surface area contributed by atoms with Gasteiger partial charge in [0.2, 0.25) is 5.91 Å².